The van der Waals surface area contributed by atoms with Crippen molar-refractivity contribution in [3.05, 3.63) is 112 Å². The van der Waals surface area contributed by atoms with Crippen molar-refractivity contribution in [3.63, 3.8) is 0 Å². The third kappa shape index (κ3) is 14.5. The van der Waals surface area contributed by atoms with Gasteiger partial charge in [-0.05, 0) is 118 Å². The molecule has 2 unspecified atom stereocenters. The number of aryl methyl sites for hydroxylation is 1. The van der Waals surface area contributed by atoms with Gasteiger partial charge in [-0.1, -0.05) is 47.5 Å². The average Bonchev–Trinajstić information content (AvgIpc) is 4.09. The first-order chi connectivity index (χ1) is 32.3. The van der Waals surface area contributed by atoms with Gasteiger partial charge in [-0.3, -0.25) is 9.69 Å². The lowest BCUT2D eigenvalue weighted by Crippen LogP contribution is -2.49. The van der Waals surface area contributed by atoms with Crippen LogP contribution >= 0.6 is 23.2 Å². The Morgan fingerprint density at radius 2 is 1.40 bits per heavy atom. The number of benzene rings is 2. The number of hydrogen-bond acceptors (Lipinski definition) is 15. The molecule has 1 aromatic heterocycles. The van der Waals surface area contributed by atoms with Gasteiger partial charge in [0.2, 0.25) is 5.88 Å². The van der Waals surface area contributed by atoms with Gasteiger partial charge in [0.1, 0.15) is 0 Å². The lowest BCUT2D eigenvalue weighted by molar-refractivity contribution is -0.757. The third-order valence-corrected chi connectivity index (χ3v) is 12.2. The Bertz CT molecular complexity index is 2240. The predicted molar refractivity (Wildman–Crippen MR) is 243 cm³/mol. The van der Waals surface area contributed by atoms with E-state index in [0.717, 1.165) is 46.2 Å². The van der Waals surface area contributed by atoms with E-state index in [1.54, 1.807) is 23.2 Å². The molecule has 0 radical (unpaired) electrons. The molecule has 2 atom stereocenters. The summed E-state index contributed by atoms with van der Waals surface area (Å²) in [6.07, 6.45) is 5.99. The van der Waals surface area contributed by atoms with E-state index < -0.39 is 28.5 Å². The van der Waals surface area contributed by atoms with E-state index >= 15 is 4.79 Å². The first kappa shape index (κ1) is 50.3. The van der Waals surface area contributed by atoms with Gasteiger partial charge in [-0.25, -0.2) is 14.6 Å². The van der Waals surface area contributed by atoms with Crippen molar-refractivity contribution in [1.29, 1.82) is 0 Å². The van der Waals surface area contributed by atoms with E-state index in [4.69, 9.17) is 46.9 Å². The van der Waals surface area contributed by atoms with Gasteiger partial charge in [0, 0.05) is 48.8 Å². The van der Waals surface area contributed by atoms with Crippen LogP contribution in [0.4, 0.5) is 9.59 Å². The predicted octanol–water partition coefficient (Wildman–Crippen LogP) is 8.84. The molecule has 2 aliphatic heterocycles. The van der Waals surface area contributed by atoms with E-state index in [9.17, 15) is 29.8 Å². The summed E-state index contributed by atoms with van der Waals surface area (Å²) in [7, 11) is 0. The van der Waals surface area contributed by atoms with Crippen LogP contribution in [0.5, 0.6) is 11.6 Å². The second kappa shape index (κ2) is 24.6. The zero-order valence-electron chi connectivity index (χ0n) is 37.5. The van der Waals surface area contributed by atoms with E-state index in [2.05, 4.69) is 14.7 Å². The number of fused-ring (bicyclic) bond motifs is 2. The maximum atomic E-state index is 15.2. The molecule has 0 spiro atoms. The van der Waals surface area contributed by atoms with Crippen molar-refractivity contribution >= 4 is 46.9 Å². The highest BCUT2D eigenvalue weighted by Crippen LogP contribution is 2.45. The van der Waals surface area contributed by atoms with Crippen LogP contribution in [0.2, 0.25) is 10.0 Å². The standard InChI is InChI=1S/C46H55Cl2N5O14/c1-30-26-38(47)42(39(48)27-30)61-25-17-32-8-10-33(11-9-32)37-28-36-14-15-40(51(36)45(55)63-19-3-5-23-66-52(57)58)41(37)44(54)50(35-12-13-35)29-34-16-18-49-43(31(34)2)62-21-7-22-65-46(56)64-20-4-6-24-67-53(59)60/h8-11,16,18,26-27,35-36,40H,3-7,12-15,17,19-25,28-29H2,1-2H3. The molecule has 362 valence electrons. The monoisotopic (exact) mass is 971 g/mol. The third-order valence-electron chi connectivity index (χ3n) is 11.6. The van der Waals surface area contributed by atoms with Gasteiger partial charge in [-0.15, -0.1) is 20.2 Å². The molecular formula is C46H55Cl2N5O14. The molecule has 1 saturated carbocycles. The van der Waals surface area contributed by atoms with Gasteiger partial charge >= 0.3 is 12.2 Å². The Kier molecular flexibility index (Phi) is 18.5. The number of carbonyl (C=O) groups is 3. The second-order valence-corrected chi connectivity index (χ2v) is 17.3. The smallest absolute Gasteiger partial charge is 0.490 e. The number of amides is 2. The topological polar surface area (TPSA) is 221 Å². The zero-order valence-corrected chi connectivity index (χ0v) is 39.0. The van der Waals surface area contributed by atoms with Crippen LogP contribution < -0.4 is 9.47 Å². The number of rotatable bonds is 26. The van der Waals surface area contributed by atoms with Gasteiger partial charge in [0.15, 0.2) is 5.75 Å². The largest absolute Gasteiger partial charge is 0.508 e. The summed E-state index contributed by atoms with van der Waals surface area (Å²) in [6, 6.07) is 12.8. The van der Waals surface area contributed by atoms with Crippen LogP contribution in [0.25, 0.3) is 5.57 Å². The van der Waals surface area contributed by atoms with Crippen molar-refractivity contribution in [2.24, 2.45) is 0 Å². The molecule has 1 saturated heterocycles. The summed E-state index contributed by atoms with van der Waals surface area (Å²) in [5.74, 6) is 0.660. The van der Waals surface area contributed by atoms with E-state index in [-0.39, 0.29) is 64.2 Å². The van der Waals surface area contributed by atoms with E-state index in [1.165, 1.54) is 0 Å². The van der Waals surface area contributed by atoms with Crippen molar-refractivity contribution in [1.82, 2.24) is 14.8 Å². The number of carbonyl (C=O) groups excluding carboxylic acids is 3. The molecule has 67 heavy (non-hydrogen) atoms. The second-order valence-electron chi connectivity index (χ2n) is 16.5. The maximum absolute atomic E-state index is 15.2. The van der Waals surface area contributed by atoms with E-state index in [1.807, 2.05) is 49.1 Å². The number of nitrogens with zero attached hydrogens (tertiary/aromatic N) is 5. The van der Waals surface area contributed by atoms with Gasteiger partial charge in [0.25, 0.3) is 16.1 Å². The highest BCUT2D eigenvalue weighted by molar-refractivity contribution is 6.37. The molecule has 6 rings (SSSR count). The number of ether oxygens (including phenoxy) is 5. The first-order valence-corrected chi connectivity index (χ1v) is 23.1. The Morgan fingerprint density at radius 1 is 0.776 bits per heavy atom. The summed E-state index contributed by atoms with van der Waals surface area (Å²) < 4.78 is 27.7. The van der Waals surface area contributed by atoms with Crippen LogP contribution in [0.3, 0.4) is 0 Å². The number of aromatic nitrogens is 1. The fourth-order valence-corrected chi connectivity index (χ4v) is 8.87. The number of halogens is 2. The average molecular weight is 973 g/mol. The summed E-state index contributed by atoms with van der Waals surface area (Å²) in [5, 5.41) is 19.9. The van der Waals surface area contributed by atoms with Crippen LogP contribution in [-0.4, -0.2) is 107 Å². The minimum absolute atomic E-state index is 0.0108. The maximum Gasteiger partial charge on any atom is 0.508 e. The molecule has 2 fully saturated rings. The number of hydrogen-bond donors (Lipinski definition) is 0. The van der Waals surface area contributed by atoms with Crippen LogP contribution in [0, 0.1) is 34.1 Å². The molecule has 21 heteroatoms. The Balaban J connectivity index is 1.14. The Hall–Kier alpha value is -6.08. The minimum Gasteiger partial charge on any atom is -0.490 e. The molecule has 0 N–H and O–H groups in total. The summed E-state index contributed by atoms with van der Waals surface area (Å²) in [6.45, 7) is 4.53. The van der Waals surface area contributed by atoms with E-state index in [0.29, 0.717) is 91.6 Å². The molecule has 2 aromatic carbocycles. The summed E-state index contributed by atoms with van der Waals surface area (Å²) >= 11 is 12.8. The van der Waals surface area contributed by atoms with Crippen LogP contribution in [0.1, 0.15) is 92.0 Å². The lowest BCUT2D eigenvalue weighted by atomic mass is 9.87. The highest BCUT2D eigenvalue weighted by Gasteiger charge is 2.49. The summed E-state index contributed by atoms with van der Waals surface area (Å²) in [5.41, 5.74) is 5.86. The quantitative estimate of drug-likeness (QED) is 0.0317. The Labute approximate surface area is 397 Å². The summed E-state index contributed by atoms with van der Waals surface area (Å²) in [4.78, 5) is 78.3. The minimum atomic E-state index is -0.876. The highest BCUT2D eigenvalue weighted by atomic mass is 35.5. The molecule has 3 heterocycles. The SMILES string of the molecule is Cc1cc(Cl)c(OCCc2ccc(C3=C(C(=O)N(Cc4ccnc(OCCCOC(=O)OCCCCO[N+](=O)[O-])c4C)C4CC4)C4CCC(C3)N4C(=O)OCCCCO[N+](=O)[O-])cc2)c(Cl)c1. The zero-order chi connectivity index (χ0) is 47.9. The molecular weight excluding hydrogens is 917 g/mol. The Morgan fingerprint density at radius 3 is 2.04 bits per heavy atom. The molecule has 2 bridgehead atoms. The fourth-order valence-electron chi connectivity index (χ4n) is 8.17. The molecule has 2 amide bonds. The normalized spacial score (nSPS) is 16.3. The van der Waals surface area contributed by atoms with Gasteiger partial charge in [0.05, 0.1) is 62.3 Å². The van der Waals surface area contributed by atoms with Crippen molar-refractivity contribution < 1.29 is 57.9 Å². The number of pyridine rings is 1. The van der Waals surface area contributed by atoms with Crippen LogP contribution in [0.15, 0.2) is 54.2 Å². The fraction of sp³-hybridized carbons (Fsp3) is 0.522. The van der Waals surface area contributed by atoms with Gasteiger partial charge < -0.3 is 38.3 Å². The first-order valence-electron chi connectivity index (χ1n) is 22.4. The van der Waals surface area contributed by atoms with Crippen molar-refractivity contribution in [2.45, 2.75) is 109 Å². The molecule has 1 aliphatic carbocycles. The van der Waals surface area contributed by atoms with Crippen molar-refractivity contribution in [3.8, 4) is 11.6 Å². The van der Waals surface area contributed by atoms with Crippen LogP contribution in [-0.2, 0) is 41.6 Å². The molecule has 3 aliphatic rings. The molecule has 19 nitrogen and oxygen atoms in total. The lowest BCUT2D eigenvalue weighted by Gasteiger charge is -2.38. The van der Waals surface area contributed by atoms with Gasteiger partial charge in [-0.2, -0.15) is 0 Å². The number of unbranched alkanes of at least 4 members (excludes halogenated alkanes) is 2. The van der Waals surface area contributed by atoms with Crippen molar-refractivity contribution in [2.75, 3.05) is 46.2 Å². The molecule has 3 aromatic rings.